The smallest absolute Gasteiger partial charge is 0.249 e. The van der Waals surface area contributed by atoms with Crippen LogP contribution in [-0.4, -0.2) is 18.1 Å². The van der Waals surface area contributed by atoms with Crippen molar-refractivity contribution in [2.24, 2.45) is 0 Å². The molecule has 2 nitrogen and oxygen atoms in total. The van der Waals surface area contributed by atoms with Gasteiger partial charge in [-0.3, -0.25) is 9.15 Å². The third-order valence-corrected chi connectivity index (χ3v) is 6.55. The number of rotatable bonds is 5. The maximum absolute atomic E-state index is 5.64. The van der Waals surface area contributed by atoms with Crippen molar-refractivity contribution in [1.82, 2.24) is 0 Å². The summed E-state index contributed by atoms with van der Waals surface area (Å²) >= 11 is 0. The van der Waals surface area contributed by atoms with Crippen LogP contribution in [0, 0.1) is 0 Å². The zero-order valence-electron chi connectivity index (χ0n) is 10.7. The molecule has 4 heteroatoms. The van der Waals surface area contributed by atoms with Gasteiger partial charge in [0.15, 0.2) is 0 Å². The third kappa shape index (κ3) is 3.64. The Balaban J connectivity index is 1.89. The predicted octanol–water partition coefficient (Wildman–Crippen LogP) is 1.46. The van der Waals surface area contributed by atoms with Crippen LogP contribution in [-0.2, 0) is 9.15 Å². The molecule has 0 spiro atoms. The molecule has 0 heterocycles. The molecule has 18 heavy (non-hydrogen) atoms. The highest BCUT2D eigenvalue weighted by Gasteiger charge is 2.14. The van der Waals surface area contributed by atoms with Gasteiger partial charge in [-0.25, -0.2) is 0 Å². The van der Waals surface area contributed by atoms with E-state index in [2.05, 4.69) is 37.4 Å². The molecule has 0 bridgehead atoms. The van der Waals surface area contributed by atoms with Crippen molar-refractivity contribution < 1.29 is 9.15 Å². The minimum atomic E-state index is -1.43. The molecule has 2 unspecified atom stereocenters. The van der Waals surface area contributed by atoms with Crippen LogP contribution in [0.2, 0.25) is 13.1 Å². The highest BCUT2D eigenvalue weighted by molar-refractivity contribution is 6.68. The standard InChI is InChI=1S/C14H18O2Si2/c1-17(13-9-5-3-6-10-13)15-16-18(2)14-11-7-4-8-12-14/h3-12,17-18H,1-2H3. The van der Waals surface area contributed by atoms with E-state index in [1.807, 2.05) is 36.4 Å². The summed E-state index contributed by atoms with van der Waals surface area (Å²) < 4.78 is 11.3. The van der Waals surface area contributed by atoms with E-state index >= 15 is 0 Å². The van der Waals surface area contributed by atoms with Gasteiger partial charge in [0.1, 0.15) is 0 Å². The fourth-order valence-electron chi connectivity index (χ4n) is 1.73. The lowest BCUT2D eigenvalue weighted by molar-refractivity contribution is -0.106. The second kappa shape index (κ2) is 6.65. The van der Waals surface area contributed by atoms with Crippen molar-refractivity contribution in [2.75, 3.05) is 0 Å². The van der Waals surface area contributed by atoms with Crippen LogP contribution in [0.3, 0.4) is 0 Å². The molecule has 0 radical (unpaired) electrons. The molecule has 2 rings (SSSR count). The molecule has 0 amide bonds. The topological polar surface area (TPSA) is 18.5 Å². The Morgan fingerprint density at radius 3 is 1.28 bits per heavy atom. The molecular weight excluding hydrogens is 256 g/mol. The molecular formula is C14H18O2Si2. The molecule has 2 aromatic rings. The first kappa shape index (κ1) is 13.2. The van der Waals surface area contributed by atoms with Crippen molar-refractivity contribution in [3.63, 3.8) is 0 Å². The fourth-order valence-corrected chi connectivity index (χ4v) is 4.81. The van der Waals surface area contributed by atoms with Gasteiger partial charge in [-0.2, -0.15) is 0 Å². The van der Waals surface area contributed by atoms with Crippen molar-refractivity contribution >= 4 is 28.5 Å². The SMILES string of the molecule is C[SiH](OO[SiH](C)c1ccccc1)c1ccccc1. The van der Waals surface area contributed by atoms with Crippen LogP contribution < -0.4 is 10.4 Å². The molecule has 0 aliphatic carbocycles. The molecule has 2 atom stereocenters. The summed E-state index contributed by atoms with van der Waals surface area (Å²) in [6.07, 6.45) is 0. The van der Waals surface area contributed by atoms with E-state index in [0.717, 1.165) is 0 Å². The zero-order valence-corrected chi connectivity index (χ0v) is 13.1. The summed E-state index contributed by atoms with van der Waals surface area (Å²) in [5.41, 5.74) is 0. The van der Waals surface area contributed by atoms with E-state index in [1.54, 1.807) is 0 Å². The molecule has 0 aliphatic rings. The Hall–Kier alpha value is -1.21. The van der Waals surface area contributed by atoms with Gasteiger partial charge < -0.3 is 0 Å². The number of hydrogen-bond donors (Lipinski definition) is 0. The Morgan fingerprint density at radius 1 is 0.611 bits per heavy atom. The van der Waals surface area contributed by atoms with Gasteiger partial charge >= 0.3 is 0 Å². The van der Waals surface area contributed by atoms with Gasteiger partial charge in [-0.15, -0.1) is 0 Å². The molecule has 94 valence electrons. The van der Waals surface area contributed by atoms with Crippen molar-refractivity contribution in [3.05, 3.63) is 60.7 Å². The van der Waals surface area contributed by atoms with Crippen molar-refractivity contribution in [1.29, 1.82) is 0 Å². The molecule has 0 aromatic heterocycles. The highest BCUT2D eigenvalue weighted by atomic mass is 28.3. The van der Waals surface area contributed by atoms with Crippen LogP contribution in [0.5, 0.6) is 0 Å². The molecule has 0 N–H and O–H groups in total. The third-order valence-electron chi connectivity index (χ3n) is 2.88. The largest absolute Gasteiger partial charge is 0.296 e. The molecule has 0 fully saturated rings. The average molecular weight is 274 g/mol. The minimum absolute atomic E-state index is 1.27. The zero-order chi connectivity index (χ0) is 12.8. The number of benzene rings is 2. The van der Waals surface area contributed by atoms with E-state index in [9.17, 15) is 0 Å². The summed E-state index contributed by atoms with van der Waals surface area (Å²) in [4.78, 5) is 0. The van der Waals surface area contributed by atoms with Gasteiger partial charge in [0.25, 0.3) is 0 Å². The lowest BCUT2D eigenvalue weighted by Crippen LogP contribution is -2.36. The lowest BCUT2D eigenvalue weighted by atomic mass is 10.4. The summed E-state index contributed by atoms with van der Waals surface area (Å²) in [7, 11) is -2.86. The molecule has 0 aliphatic heterocycles. The summed E-state index contributed by atoms with van der Waals surface area (Å²) in [6.45, 7) is 4.28. The molecule has 0 saturated heterocycles. The van der Waals surface area contributed by atoms with Crippen LogP contribution in [0.25, 0.3) is 0 Å². The maximum atomic E-state index is 5.64. The molecule has 2 aromatic carbocycles. The first-order chi connectivity index (χ1) is 8.77. The second-order valence-corrected chi connectivity index (χ2v) is 8.59. The van der Waals surface area contributed by atoms with Gasteiger partial charge in [-0.05, 0) is 23.5 Å². The van der Waals surface area contributed by atoms with E-state index in [-0.39, 0.29) is 0 Å². The van der Waals surface area contributed by atoms with E-state index in [0.29, 0.717) is 0 Å². The van der Waals surface area contributed by atoms with Gasteiger partial charge in [0, 0.05) is 0 Å². The fraction of sp³-hybridized carbons (Fsp3) is 0.143. The first-order valence-corrected chi connectivity index (χ1v) is 10.6. The summed E-state index contributed by atoms with van der Waals surface area (Å²) in [5.74, 6) is 0. The number of hydrogen-bond acceptors (Lipinski definition) is 2. The van der Waals surface area contributed by atoms with E-state index in [1.165, 1.54) is 10.4 Å². The quantitative estimate of drug-likeness (QED) is 0.467. The van der Waals surface area contributed by atoms with Crippen LogP contribution in [0.1, 0.15) is 0 Å². The summed E-state index contributed by atoms with van der Waals surface area (Å²) in [5, 5.41) is 2.54. The normalized spacial score (nSPS) is 14.1. The van der Waals surface area contributed by atoms with Crippen molar-refractivity contribution in [2.45, 2.75) is 13.1 Å². The first-order valence-electron chi connectivity index (χ1n) is 6.19. The highest BCUT2D eigenvalue weighted by Crippen LogP contribution is 1.96. The van der Waals surface area contributed by atoms with Gasteiger partial charge in [-0.1, -0.05) is 60.7 Å². The Morgan fingerprint density at radius 2 is 0.944 bits per heavy atom. The maximum Gasteiger partial charge on any atom is 0.249 e. The van der Waals surface area contributed by atoms with E-state index < -0.39 is 18.1 Å². The minimum Gasteiger partial charge on any atom is -0.296 e. The van der Waals surface area contributed by atoms with Crippen LogP contribution >= 0.6 is 0 Å². The van der Waals surface area contributed by atoms with Gasteiger partial charge in [0.2, 0.25) is 18.1 Å². The predicted molar refractivity (Wildman–Crippen MR) is 80.3 cm³/mol. The molecule has 0 saturated carbocycles. The Bertz CT molecular complexity index is 416. The van der Waals surface area contributed by atoms with Crippen LogP contribution in [0.15, 0.2) is 60.7 Å². The summed E-state index contributed by atoms with van der Waals surface area (Å²) in [6, 6.07) is 20.6. The van der Waals surface area contributed by atoms with Crippen molar-refractivity contribution in [3.8, 4) is 0 Å². The Kier molecular flexibility index (Phi) is 4.89. The second-order valence-electron chi connectivity index (χ2n) is 4.30. The Labute approximate surface area is 112 Å². The van der Waals surface area contributed by atoms with E-state index in [4.69, 9.17) is 9.15 Å². The lowest BCUT2D eigenvalue weighted by Gasteiger charge is -2.15. The monoisotopic (exact) mass is 274 g/mol. The van der Waals surface area contributed by atoms with Crippen LogP contribution in [0.4, 0.5) is 0 Å². The average Bonchev–Trinajstić information content (AvgIpc) is 2.46. The van der Waals surface area contributed by atoms with Gasteiger partial charge in [0.05, 0.1) is 0 Å².